The fraction of sp³-hybridized carbons (Fsp3) is 0.500. The third-order valence-electron chi connectivity index (χ3n) is 4.16. The van der Waals surface area contributed by atoms with Crippen molar-refractivity contribution in [3.05, 3.63) is 23.1 Å². The van der Waals surface area contributed by atoms with E-state index in [1.54, 1.807) is 10.7 Å². The molecule has 0 spiro atoms. The van der Waals surface area contributed by atoms with Crippen LogP contribution in [-0.4, -0.2) is 51.9 Å². The van der Waals surface area contributed by atoms with Crippen LogP contribution in [0.3, 0.4) is 0 Å². The maximum absolute atomic E-state index is 12.2. The number of H-pyrrole nitrogens is 1. The Morgan fingerprint density at radius 2 is 2.17 bits per heavy atom. The van der Waals surface area contributed by atoms with E-state index < -0.39 is 9.84 Å². The summed E-state index contributed by atoms with van der Waals surface area (Å²) in [7, 11) is -1.17. The van der Waals surface area contributed by atoms with Gasteiger partial charge in [0.15, 0.2) is 9.84 Å². The summed E-state index contributed by atoms with van der Waals surface area (Å²) in [6.07, 6.45) is 0.454. The SMILES string of the molecule is Cc1nn(C)c(C)c1-c1cc(C(=O)NC2CCS(=O)(=O)C2)[nH]n1. The fourth-order valence-electron chi connectivity index (χ4n) is 2.88. The fourth-order valence-corrected chi connectivity index (χ4v) is 4.56. The van der Waals surface area contributed by atoms with E-state index in [9.17, 15) is 13.2 Å². The lowest BCUT2D eigenvalue weighted by Crippen LogP contribution is -2.35. The zero-order valence-electron chi connectivity index (χ0n) is 13.3. The monoisotopic (exact) mass is 337 g/mol. The minimum absolute atomic E-state index is 0.000551. The Bertz CT molecular complexity index is 865. The molecule has 1 fully saturated rings. The van der Waals surface area contributed by atoms with Crippen molar-refractivity contribution in [3.8, 4) is 11.3 Å². The first-order chi connectivity index (χ1) is 10.8. The van der Waals surface area contributed by atoms with Crippen LogP contribution >= 0.6 is 0 Å². The molecule has 1 atom stereocenters. The van der Waals surface area contributed by atoms with Gasteiger partial charge in [-0.05, 0) is 26.3 Å². The molecule has 1 unspecified atom stereocenters. The van der Waals surface area contributed by atoms with Crippen molar-refractivity contribution in [1.82, 2.24) is 25.3 Å². The number of aromatic nitrogens is 4. The van der Waals surface area contributed by atoms with Crippen molar-refractivity contribution in [3.63, 3.8) is 0 Å². The second-order valence-electron chi connectivity index (χ2n) is 5.91. The maximum atomic E-state index is 12.2. The van der Waals surface area contributed by atoms with E-state index in [1.807, 2.05) is 20.9 Å². The predicted octanol–water partition coefficient (Wildman–Crippen LogP) is 0.344. The number of hydrogen-bond donors (Lipinski definition) is 2. The van der Waals surface area contributed by atoms with Gasteiger partial charge in [-0.25, -0.2) is 8.42 Å². The maximum Gasteiger partial charge on any atom is 0.269 e. The summed E-state index contributed by atoms with van der Waals surface area (Å²) in [5.41, 5.74) is 3.66. The van der Waals surface area contributed by atoms with Gasteiger partial charge < -0.3 is 5.32 Å². The first kappa shape index (κ1) is 15.7. The van der Waals surface area contributed by atoms with Crippen molar-refractivity contribution in [2.24, 2.45) is 7.05 Å². The van der Waals surface area contributed by atoms with Gasteiger partial charge in [-0.15, -0.1) is 0 Å². The standard InChI is InChI=1S/C14H19N5O3S/c1-8-13(9(2)19(3)18-8)11-6-12(17-16-11)14(20)15-10-4-5-23(21,22)7-10/h6,10H,4-5,7H2,1-3H3,(H,15,20)(H,16,17). The molecule has 0 aromatic carbocycles. The molecule has 3 heterocycles. The summed E-state index contributed by atoms with van der Waals surface area (Å²) >= 11 is 0. The molecule has 1 amide bonds. The predicted molar refractivity (Wildman–Crippen MR) is 84.8 cm³/mol. The second kappa shape index (κ2) is 5.48. The summed E-state index contributed by atoms with van der Waals surface area (Å²) in [5.74, 6) is -0.217. The molecule has 3 rings (SSSR count). The Morgan fingerprint density at radius 3 is 2.74 bits per heavy atom. The van der Waals surface area contributed by atoms with Gasteiger partial charge in [-0.1, -0.05) is 0 Å². The van der Waals surface area contributed by atoms with Gasteiger partial charge >= 0.3 is 0 Å². The number of nitrogens with zero attached hydrogens (tertiary/aromatic N) is 3. The third-order valence-corrected chi connectivity index (χ3v) is 5.92. The molecule has 2 aromatic rings. The third kappa shape index (κ3) is 3.00. The Hall–Kier alpha value is -2.16. The molecule has 124 valence electrons. The Balaban J connectivity index is 1.78. The number of amides is 1. The lowest BCUT2D eigenvalue weighted by molar-refractivity contribution is 0.0936. The molecule has 0 saturated carbocycles. The van der Waals surface area contributed by atoms with Gasteiger partial charge in [0.25, 0.3) is 5.91 Å². The Morgan fingerprint density at radius 1 is 1.43 bits per heavy atom. The van der Waals surface area contributed by atoms with Crippen molar-refractivity contribution < 1.29 is 13.2 Å². The first-order valence-corrected chi connectivity index (χ1v) is 9.16. The lowest BCUT2D eigenvalue weighted by atomic mass is 10.1. The van der Waals surface area contributed by atoms with Crippen LogP contribution in [0.2, 0.25) is 0 Å². The van der Waals surface area contributed by atoms with Crippen LogP contribution < -0.4 is 5.32 Å². The number of aryl methyl sites for hydroxylation is 2. The largest absolute Gasteiger partial charge is 0.347 e. The van der Waals surface area contributed by atoms with E-state index in [0.717, 1.165) is 17.0 Å². The zero-order chi connectivity index (χ0) is 16.8. The quantitative estimate of drug-likeness (QED) is 0.839. The van der Waals surface area contributed by atoms with E-state index in [-0.39, 0.29) is 23.5 Å². The molecule has 1 aliphatic rings. The molecule has 2 aromatic heterocycles. The number of rotatable bonds is 3. The molecule has 0 aliphatic carbocycles. The topological polar surface area (TPSA) is 110 Å². The molecular formula is C14H19N5O3S. The van der Waals surface area contributed by atoms with Crippen LogP contribution in [0.5, 0.6) is 0 Å². The highest BCUT2D eigenvalue weighted by Crippen LogP contribution is 2.25. The van der Waals surface area contributed by atoms with Gasteiger partial charge in [0, 0.05) is 24.3 Å². The minimum atomic E-state index is -3.02. The zero-order valence-corrected chi connectivity index (χ0v) is 14.1. The molecule has 0 bridgehead atoms. The molecule has 2 N–H and O–H groups in total. The normalized spacial score (nSPS) is 19.9. The van der Waals surface area contributed by atoms with Crippen LogP contribution in [-0.2, 0) is 16.9 Å². The molecule has 1 saturated heterocycles. The Kier molecular flexibility index (Phi) is 3.75. The van der Waals surface area contributed by atoms with Crippen LogP contribution in [0.1, 0.15) is 28.3 Å². The number of sulfone groups is 1. The molecule has 1 aliphatic heterocycles. The smallest absolute Gasteiger partial charge is 0.269 e. The van der Waals surface area contributed by atoms with Gasteiger partial charge in [0.05, 0.1) is 22.9 Å². The molecule has 23 heavy (non-hydrogen) atoms. The van der Waals surface area contributed by atoms with E-state index in [2.05, 4.69) is 20.6 Å². The van der Waals surface area contributed by atoms with Gasteiger partial charge in [0.2, 0.25) is 0 Å². The van der Waals surface area contributed by atoms with Crippen molar-refractivity contribution in [1.29, 1.82) is 0 Å². The van der Waals surface area contributed by atoms with E-state index >= 15 is 0 Å². The first-order valence-electron chi connectivity index (χ1n) is 7.34. The number of carbonyl (C=O) groups excluding carboxylic acids is 1. The molecule has 9 heteroatoms. The van der Waals surface area contributed by atoms with Crippen LogP contribution in [0.4, 0.5) is 0 Å². The van der Waals surface area contributed by atoms with Crippen molar-refractivity contribution in [2.75, 3.05) is 11.5 Å². The molecule has 0 radical (unpaired) electrons. The lowest BCUT2D eigenvalue weighted by Gasteiger charge is -2.08. The van der Waals surface area contributed by atoms with Gasteiger partial charge in [-0.2, -0.15) is 10.2 Å². The van der Waals surface area contributed by atoms with Gasteiger partial charge in [0.1, 0.15) is 5.69 Å². The van der Waals surface area contributed by atoms with E-state index in [0.29, 0.717) is 17.8 Å². The molecular weight excluding hydrogens is 318 g/mol. The van der Waals surface area contributed by atoms with Crippen molar-refractivity contribution >= 4 is 15.7 Å². The highest BCUT2D eigenvalue weighted by atomic mass is 32.2. The van der Waals surface area contributed by atoms with E-state index in [4.69, 9.17) is 0 Å². The highest BCUT2D eigenvalue weighted by molar-refractivity contribution is 7.91. The van der Waals surface area contributed by atoms with Crippen LogP contribution in [0.25, 0.3) is 11.3 Å². The van der Waals surface area contributed by atoms with Crippen LogP contribution in [0.15, 0.2) is 6.07 Å². The summed E-state index contributed by atoms with van der Waals surface area (Å²) in [6.45, 7) is 3.83. The second-order valence-corrected chi connectivity index (χ2v) is 8.14. The average molecular weight is 337 g/mol. The highest BCUT2D eigenvalue weighted by Gasteiger charge is 2.29. The number of aromatic amines is 1. The van der Waals surface area contributed by atoms with Crippen molar-refractivity contribution in [2.45, 2.75) is 26.3 Å². The summed E-state index contributed by atoms with van der Waals surface area (Å²) < 4.78 is 24.7. The average Bonchev–Trinajstić information content (AvgIpc) is 3.11. The summed E-state index contributed by atoms with van der Waals surface area (Å²) in [6, 6.07) is 1.33. The number of carbonyl (C=O) groups is 1. The molecule has 8 nitrogen and oxygen atoms in total. The van der Waals surface area contributed by atoms with E-state index in [1.165, 1.54) is 0 Å². The van der Waals surface area contributed by atoms with Gasteiger partial charge in [-0.3, -0.25) is 14.6 Å². The Labute approximate surface area is 134 Å². The number of nitrogens with one attached hydrogen (secondary N) is 2. The minimum Gasteiger partial charge on any atom is -0.347 e. The summed E-state index contributed by atoms with van der Waals surface area (Å²) in [4.78, 5) is 12.2. The number of hydrogen-bond acceptors (Lipinski definition) is 5. The summed E-state index contributed by atoms with van der Waals surface area (Å²) in [5, 5.41) is 14.0. The van der Waals surface area contributed by atoms with Crippen LogP contribution in [0, 0.1) is 13.8 Å².